The standard InChI is InChI=1S/C13H19N5O/c1-5-7-14-10-6-8-15-12(16-10)11-9(2)17-18(3)13(11)19-4/h6,8H,5,7H2,1-4H3,(H,14,15,16). The van der Waals surface area contributed by atoms with Crippen LogP contribution in [-0.2, 0) is 7.05 Å². The Morgan fingerprint density at radius 2 is 2.21 bits per heavy atom. The van der Waals surface area contributed by atoms with Crippen molar-refractivity contribution in [1.29, 1.82) is 0 Å². The molecule has 0 aliphatic rings. The lowest BCUT2D eigenvalue weighted by molar-refractivity contribution is 0.374. The first-order valence-electron chi connectivity index (χ1n) is 6.32. The van der Waals surface area contributed by atoms with E-state index in [0.717, 1.165) is 30.0 Å². The summed E-state index contributed by atoms with van der Waals surface area (Å²) in [6.07, 6.45) is 2.79. The minimum atomic E-state index is 0.628. The SMILES string of the molecule is CCCNc1ccnc(-c2c(C)nn(C)c2OC)n1. The molecule has 102 valence electrons. The third-order valence-corrected chi connectivity index (χ3v) is 2.80. The van der Waals surface area contributed by atoms with Crippen molar-refractivity contribution in [3.05, 3.63) is 18.0 Å². The molecule has 0 saturated heterocycles. The molecule has 0 spiro atoms. The van der Waals surface area contributed by atoms with Gasteiger partial charge >= 0.3 is 0 Å². The largest absolute Gasteiger partial charge is 0.481 e. The highest BCUT2D eigenvalue weighted by molar-refractivity contribution is 5.66. The van der Waals surface area contributed by atoms with Crippen LogP contribution in [-0.4, -0.2) is 33.4 Å². The lowest BCUT2D eigenvalue weighted by Gasteiger charge is -2.07. The Balaban J connectivity index is 2.41. The average molecular weight is 261 g/mol. The zero-order valence-electron chi connectivity index (χ0n) is 11.8. The average Bonchev–Trinajstić information content (AvgIpc) is 2.70. The molecule has 0 saturated carbocycles. The van der Waals surface area contributed by atoms with Gasteiger partial charge in [-0.05, 0) is 19.4 Å². The normalized spacial score (nSPS) is 10.5. The molecule has 2 aromatic heterocycles. The summed E-state index contributed by atoms with van der Waals surface area (Å²) in [4.78, 5) is 8.82. The maximum absolute atomic E-state index is 5.37. The zero-order valence-corrected chi connectivity index (χ0v) is 11.8. The third-order valence-electron chi connectivity index (χ3n) is 2.80. The van der Waals surface area contributed by atoms with E-state index in [0.29, 0.717) is 11.7 Å². The molecule has 0 aliphatic heterocycles. The molecule has 0 radical (unpaired) electrons. The van der Waals surface area contributed by atoms with Crippen LogP contribution in [0.5, 0.6) is 5.88 Å². The highest BCUT2D eigenvalue weighted by Gasteiger charge is 2.18. The van der Waals surface area contributed by atoms with E-state index in [4.69, 9.17) is 4.74 Å². The van der Waals surface area contributed by atoms with Crippen LogP contribution in [0.4, 0.5) is 5.82 Å². The lowest BCUT2D eigenvalue weighted by Crippen LogP contribution is -2.03. The van der Waals surface area contributed by atoms with Crippen molar-refractivity contribution < 1.29 is 4.74 Å². The highest BCUT2D eigenvalue weighted by Crippen LogP contribution is 2.30. The number of aryl methyl sites for hydroxylation is 2. The van der Waals surface area contributed by atoms with Gasteiger partial charge in [0.25, 0.3) is 0 Å². The van der Waals surface area contributed by atoms with Crippen molar-refractivity contribution in [2.24, 2.45) is 7.05 Å². The Labute approximate surface area is 112 Å². The molecule has 0 atom stereocenters. The Morgan fingerprint density at radius 1 is 1.42 bits per heavy atom. The fourth-order valence-corrected chi connectivity index (χ4v) is 1.96. The zero-order chi connectivity index (χ0) is 13.8. The van der Waals surface area contributed by atoms with Gasteiger partial charge in [0.2, 0.25) is 5.88 Å². The summed E-state index contributed by atoms with van der Waals surface area (Å²) >= 11 is 0. The number of hydrogen-bond acceptors (Lipinski definition) is 5. The van der Waals surface area contributed by atoms with Crippen molar-refractivity contribution in [1.82, 2.24) is 19.7 Å². The smallest absolute Gasteiger partial charge is 0.222 e. The molecule has 6 heteroatoms. The molecular formula is C13H19N5O. The number of hydrogen-bond donors (Lipinski definition) is 1. The van der Waals surface area contributed by atoms with E-state index in [1.165, 1.54) is 0 Å². The number of anilines is 1. The van der Waals surface area contributed by atoms with Gasteiger partial charge in [0.05, 0.1) is 12.8 Å². The summed E-state index contributed by atoms with van der Waals surface area (Å²) in [5.74, 6) is 2.12. The topological polar surface area (TPSA) is 64.9 Å². The van der Waals surface area contributed by atoms with E-state index in [9.17, 15) is 0 Å². The van der Waals surface area contributed by atoms with Gasteiger partial charge in [0, 0.05) is 19.8 Å². The summed E-state index contributed by atoms with van der Waals surface area (Å²) in [6, 6.07) is 1.86. The highest BCUT2D eigenvalue weighted by atomic mass is 16.5. The van der Waals surface area contributed by atoms with Crippen LogP contribution in [0.3, 0.4) is 0 Å². The molecule has 0 fully saturated rings. The van der Waals surface area contributed by atoms with E-state index in [1.807, 2.05) is 20.0 Å². The minimum Gasteiger partial charge on any atom is -0.481 e. The Kier molecular flexibility index (Phi) is 3.99. The Morgan fingerprint density at radius 3 is 2.89 bits per heavy atom. The molecular weight excluding hydrogens is 242 g/mol. The Hall–Kier alpha value is -2.11. The second kappa shape index (κ2) is 5.69. The molecule has 19 heavy (non-hydrogen) atoms. The second-order valence-electron chi connectivity index (χ2n) is 4.29. The lowest BCUT2D eigenvalue weighted by atomic mass is 10.2. The minimum absolute atomic E-state index is 0.628. The van der Waals surface area contributed by atoms with E-state index < -0.39 is 0 Å². The first kappa shape index (κ1) is 13.3. The molecule has 2 aromatic rings. The molecule has 6 nitrogen and oxygen atoms in total. The second-order valence-corrected chi connectivity index (χ2v) is 4.29. The summed E-state index contributed by atoms with van der Waals surface area (Å²) < 4.78 is 7.07. The van der Waals surface area contributed by atoms with Crippen LogP contribution < -0.4 is 10.1 Å². The number of nitrogens with one attached hydrogen (secondary N) is 1. The quantitative estimate of drug-likeness (QED) is 0.892. The van der Waals surface area contributed by atoms with Crippen LogP contribution in [0.25, 0.3) is 11.4 Å². The van der Waals surface area contributed by atoms with Crippen molar-refractivity contribution in [3.8, 4) is 17.3 Å². The molecule has 1 N–H and O–H groups in total. The predicted octanol–water partition coefficient (Wildman–Crippen LogP) is 2.02. The molecule has 0 bridgehead atoms. The van der Waals surface area contributed by atoms with E-state index >= 15 is 0 Å². The monoisotopic (exact) mass is 261 g/mol. The van der Waals surface area contributed by atoms with E-state index in [-0.39, 0.29) is 0 Å². The fourth-order valence-electron chi connectivity index (χ4n) is 1.96. The Bertz CT molecular complexity index is 564. The van der Waals surface area contributed by atoms with Gasteiger partial charge < -0.3 is 10.1 Å². The van der Waals surface area contributed by atoms with Gasteiger partial charge in [0.1, 0.15) is 11.4 Å². The number of aromatic nitrogens is 4. The fraction of sp³-hybridized carbons (Fsp3) is 0.462. The van der Waals surface area contributed by atoms with Crippen molar-refractivity contribution >= 4 is 5.82 Å². The number of ether oxygens (including phenoxy) is 1. The van der Waals surface area contributed by atoms with Crippen LogP contribution in [0, 0.1) is 6.92 Å². The first-order chi connectivity index (χ1) is 9.17. The summed E-state index contributed by atoms with van der Waals surface area (Å²) in [5.41, 5.74) is 1.69. The molecule has 0 aliphatic carbocycles. The third kappa shape index (κ3) is 2.67. The maximum Gasteiger partial charge on any atom is 0.222 e. The maximum atomic E-state index is 5.37. The van der Waals surface area contributed by atoms with E-state index in [2.05, 4.69) is 27.3 Å². The van der Waals surface area contributed by atoms with Crippen LogP contribution >= 0.6 is 0 Å². The van der Waals surface area contributed by atoms with Crippen molar-refractivity contribution in [2.45, 2.75) is 20.3 Å². The number of nitrogens with zero attached hydrogens (tertiary/aromatic N) is 4. The molecule has 2 heterocycles. The van der Waals surface area contributed by atoms with Crippen molar-refractivity contribution in [3.63, 3.8) is 0 Å². The molecule has 2 rings (SSSR count). The summed E-state index contributed by atoms with van der Waals surface area (Å²) in [5, 5.41) is 7.59. The molecule has 0 unspecified atom stereocenters. The van der Waals surface area contributed by atoms with Gasteiger partial charge in [-0.3, -0.25) is 0 Å². The van der Waals surface area contributed by atoms with Gasteiger partial charge in [-0.1, -0.05) is 6.92 Å². The predicted molar refractivity (Wildman–Crippen MR) is 74.3 cm³/mol. The van der Waals surface area contributed by atoms with Crippen LogP contribution in [0.2, 0.25) is 0 Å². The van der Waals surface area contributed by atoms with Crippen LogP contribution in [0.15, 0.2) is 12.3 Å². The molecule has 0 amide bonds. The van der Waals surface area contributed by atoms with Gasteiger partial charge in [0.15, 0.2) is 5.82 Å². The van der Waals surface area contributed by atoms with Crippen molar-refractivity contribution in [2.75, 3.05) is 19.0 Å². The van der Waals surface area contributed by atoms with Crippen LogP contribution in [0.1, 0.15) is 19.0 Å². The van der Waals surface area contributed by atoms with Gasteiger partial charge in [-0.15, -0.1) is 0 Å². The van der Waals surface area contributed by atoms with Gasteiger partial charge in [-0.2, -0.15) is 5.10 Å². The van der Waals surface area contributed by atoms with E-state index in [1.54, 1.807) is 18.0 Å². The summed E-state index contributed by atoms with van der Waals surface area (Å²) in [7, 11) is 3.47. The summed E-state index contributed by atoms with van der Waals surface area (Å²) in [6.45, 7) is 4.93. The van der Waals surface area contributed by atoms with Gasteiger partial charge in [-0.25, -0.2) is 14.6 Å². The number of rotatable bonds is 5. The molecule has 0 aromatic carbocycles. The number of methoxy groups -OCH3 is 1. The first-order valence-corrected chi connectivity index (χ1v) is 6.32.